The number of hydrogen-bond donors (Lipinski definition) is 3. The van der Waals surface area contributed by atoms with E-state index in [9.17, 15) is 9.59 Å². The number of nitrogens with one attached hydrogen (secondary N) is 3. The molecule has 1 atom stereocenters. The highest BCUT2D eigenvalue weighted by molar-refractivity contribution is 6.33. The van der Waals surface area contributed by atoms with E-state index in [0.29, 0.717) is 17.0 Å². The summed E-state index contributed by atoms with van der Waals surface area (Å²) in [6.45, 7) is 4.07. The fourth-order valence-electron chi connectivity index (χ4n) is 3.41. The van der Waals surface area contributed by atoms with Crippen LogP contribution in [-0.2, 0) is 11.2 Å². The Bertz CT molecular complexity index is 994. The van der Waals surface area contributed by atoms with Crippen molar-refractivity contribution in [3.05, 3.63) is 70.9 Å². The zero-order chi connectivity index (χ0) is 20.8. The number of carbonyl (C=O) groups excluding carboxylic acids is 2. The summed E-state index contributed by atoms with van der Waals surface area (Å²) in [5.41, 5.74) is 2.33. The molecular formula is C23H26ClN3O2. The predicted molar refractivity (Wildman–Crippen MR) is 117 cm³/mol. The molecule has 6 heteroatoms. The van der Waals surface area contributed by atoms with Crippen molar-refractivity contribution >= 4 is 34.3 Å². The zero-order valence-electron chi connectivity index (χ0n) is 16.7. The van der Waals surface area contributed by atoms with Crippen LogP contribution in [0.25, 0.3) is 10.9 Å². The van der Waals surface area contributed by atoms with Crippen molar-refractivity contribution in [1.29, 1.82) is 0 Å². The third kappa shape index (κ3) is 4.98. The van der Waals surface area contributed by atoms with Gasteiger partial charge in [-0.1, -0.05) is 55.8 Å². The standard InChI is InChI=1S/C23H26ClN3O2/c1-3-16(4-2)26-23(29)21(27-22(28)18-10-5-7-11-19(18)24)13-15-14-25-20-12-8-6-9-17(15)20/h5-12,14,16,21,25H,3-4,13H2,1-2H3,(H,26,29)(H,27,28). The van der Waals surface area contributed by atoms with E-state index in [1.165, 1.54) is 0 Å². The largest absolute Gasteiger partial charge is 0.361 e. The number of H-pyrrole nitrogens is 1. The minimum absolute atomic E-state index is 0.0742. The lowest BCUT2D eigenvalue weighted by molar-refractivity contribution is -0.123. The molecule has 152 valence electrons. The average molecular weight is 412 g/mol. The highest BCUT2D eigenvalue weighted by Crippen LogP contribution is 2.20. The van der Waals surface area contributed by atoms with E-state index < -0.39 is 6.04 Å². The Kier molecular flexibility index (Phi) is 6.94. The first-order valence-corrected chi connectivity index (χ1v) is 10.3. The van der Waals surface area contributed by atoms with Gasteiger partial charge in [-0.3, -0.25) is 9.59 Å². The molecule has 29 heavy (non-hydrogen) atoms. The van der Waals surface area contributed by atoms with Crippen LogP contribution < -0.4 is 10.6 Å². The monoisotopic (exact) mass is 411 g/mol. The highest BCUT2D eigenvalue weighted by Gasteiger charge is 2.25. The molecule has 1 aromatic heterocycles. The first kappa shape index (κ1) is 20.9. The predicted octanol–water partition coefficient (Wildman–Crippen LogP) is 4.47. The van der Waals surface area contributed by atoms with Gasteiger partial charge in [-0.15, -0.1) is 0 Å². The molecule has 0 saturated carbocycles. The summed E-state index contributed by atoms with van der Waals surface area (Å²) in [5.74, 6) is -0.551. The normalized spacial score (nSPS) is 12.1. The van der Waals surface area contributed by atoms with Crippen molar-refractivity contribution in [1.82, 2.24) is 15.6 Å². The molecule has 0 aliphatic rings. The Hall–Kier alpha value is -2.79. The number of rotatable bonds is 8. The van der Waals surface area contributed by atoms with Crippen LogP contribution in [0.4, 0.5) is 0 Å². The van der Waals surface area contributed by atoms with E-state index >= 15 is 0 Å². The number of aromatic amines is 1. The van der Waals surface area contributed by atoms with Crippen LogP contribution in [0.3, 0.4) is 0 Å². The molecule has 0 radical (unpaired) electrons. The summed E-state index contributed by atoms with van der Waals surface area (Å²) >= 11 is 6.17. The summed E-state index contributed by atoms with van der Waals surface area (Å²) in [5, 5.41) is 7.33. The number of hydrogen-bond acceptors (Lipinski definition) is 2. The lowest BCUT2D eigenvalue weighted by Crippen LogP contribution is -2.50. The molecule has 0 fully saturated rings. The fraction of sp³-hybridized carbons (Fsp3) is 0.304. The van der Waals surface area contributed by atoms with Gasteiger partial charge in [0.25, 0.3) is 5.91 Å². The molecule has 2 amide bonds. The molecule has 0 aliphatic heterocycles. The van der Waals surface area contributed by atoms with Crippen molar-refractivity contribution < 1.29 is 9.59 Å². The number of para-hydroxylation sites is 1. The lowest BCUT2D eigenvalue weighted by atomic mass is 10.0. The molecule has 0 saturated heterocycles. The fourth-order valence-corrected chi connectivity index (χ4v) is 3.63. The van der Waals surface area contributed by atoms with Gasteiger partial charge in [0.1, 0.15) is 6.04 Å². The van der Waals surface area contributed by atoms with Gasteiger partial charge in [0.05, 0.1) is 10.6 Å². The molecule has 1 unspecified atom stereocenters. The third-order valence-electron chi connectivity index (χ3n) is 5.17. The second-order valence-corrected chi connectivity index (χ2v) is 7.50. The molecule has 3 aromatic rings. The zero-order valence-corrected chi connectivity index (χ0v) is 17.4. The van der Waals surface area contributed by atoms with Gasteiger partial charge in [-0.25, -0.2) is 0 Å². The van der Waals surface area contributed by atoms with Crippen LogP contribution in [0, 0.1) is 0 Å². The summed E-state index contributed by atoms with van der Waals surface area (Å²) in [7, 11) is 0. The molecular weight excluding hydrogens is 386 g/mol. The van der Waals surface area contributed by atoms with Crippen molar-refractivity contribution in [3.63, 3.8) is 0 Å². The van der Waals surface area contributed by atoms with E-state index in [4.69, 9.17) is 11.6 Å². The number of benzene rings is 2. The molecule has 0 spiro atoms. The minimum atomic E-state index is -0.710. The van der Waals surface area contributed by atoms with Crippen LogP contribution in [0.1, 0.15) is 42.6 Å². The van der Waals surface area contributed by atoms with E-state index in [-0.39, 0.29) is 17.9 Å². The Morgan fingerprint density at radius 2 is 1.69 bits per heavy atom. The number of amides is 2. The van der Waals surface area contributed by atoms with Crippen LogP contribution in [0.15, 0.2) is 54.7 Å². The quantitative estimate of drug-likeness (QED) is 0.511. The second kappa shape index (κ2) is 9.61. The summed E-state index contributed by atoms with van der Waals surface area (Å²) in [6.07, 6.45) is 3.94. The first-order valence-electron chi connectivity index (χ1n) is 9.94. The molecule has 1 heterocycles. The van der Waals surface area contributed by atoms with E-state index in [1.807, 2.05) is 44.3 Å². The maximum Gasteiger partial charge on any atom is 0.253 e. The molecule has 2 aromatic carbocycles. The van der Waals surface area contributed by atoms with E-state index in [1.54, 1.807) is 24.3 Å². The lowest BCUT2D eigenvalue weighted by Gasteiger charge is -2.22. The Morgan fingerprint density at radius 3 is 2.41 bits per heavy atom. The Balaban J connectivity index is 1.85. The topological polar surface area (TPSA) is 74.0 Å². The van der Waals surface area contributed by atoms with Crippen LogP contribution in [0.2, 0.25) is 5.02 Å². The SMILES string of the molecule is CCC(CC)NC(=O)C(Cc1c[nH]c2ccccc12)NC(=O)c1ccccc1Cl. The van der Waals surface area contributed by atoms with Crippen LogP contribution in [0.5, 0.6) is 0 Å². The van der Waals surface area contributed by atoms with Crippen molar-refractivity contribution in [2.45, 2.75) is 45.2 Å². The number of carbonyl (C=O) groups is 2. The summed E-state index contributed by atoms with van der Waals surface area (Å²) < 4.78 is 0. The Morgan fingerprint density at radius 1 is 1.00 bits per heavy atom. The third-order valence-corrected chi connectivity index (χ3v) is 5.50. The van der Waals surface area contributed by atoms with Gasteiger partial charge in [0.15, 0.2) is 0 Å². The minimum Gasteiger partial charge on any atom is -0.361 e. The second-order valence-electron chi connectivity index (χ2n) is 7.09. The molecule has 3 rings (SSSR count). The summed E-state index contributed by atoms with van der Waals surface area (Å²) in [4.78, 5) is 29.1. The maximum absolute atomic E-state index is 13.0. The Labute approximate surface area is 175 Å². The van der Waals surface area contributed by atoms with E-state index in [2.05, 4.69) is 15.6 Å². The van der Waals surface area contributed by atoms with Crippen molar-refractivity contribution in [2.24, 2.45) is 0 Å². The van der Waals surface area contributed by atoms with Crippen LogP contribution in [-0.4, -0.2) is 28.9 Å². The average Bonchev–Trinajstić information content (AvgIpc) is 3.14. The van der Waals surface area contributed by atoms with Crippen molar-refractivity contribution in [2.75, 3.05) is 0 Å². The molecule has 3 N–H and O–H groups in total. The molecule has 0 aliphatic carbocycles. The smallest absolute Gasteiger partial charge is 0.253 e. The summed E-state index contributed by atoms with van der Waals surface area (Å²) in [6, 6.07) is 14.1. The number of aromatic nitrogens is 1. The maximum atomic E-state index is 13.0. The molecule has 5 nitrogen and oxygen atoms in total. The number of halogens is 1. The van der Waals surface area contributed by atoms with Gasteiger partial charge >= 0.3 is 0 Å². The van der Waals surface area contributed by atoms with Gasteiger partial charge in [0, 0.05) is 29.6 Å². The van der Waals surface area contributed by atoms with Crippen molar-refractivity contribution in [3.8, 4) is 0 Å². The molecule has 0 bridgehead atoms. The first-order chi connectivity index (χ1) is 14.0. The number of fused-ring (bicyclic) bond motifs is 1. The van der Waals surface area contributed by atoms with Crippen LogP contribution >= 0.6 is 11.6 Å². The highest BCUT2D eigenvalue weighted by atomic mass is 35.5. The van der Waals surface area contributed by atoms with Gasteiger partial charge in [-0.05, 0) is 36.6 Å². The van der Waals surface area contributed by atoms with E-state index in [0.717, 1.165) is 29.3 Å². The van der Waals surface area contributed by atoms with Gasteiger partial charge in [-0.2, -0.15) is 0 Å². The van der Waals surface area contributed by atoms with Gasteiger partial charge < -0.3 is 15.6 Å². The van der Waals surface area contributed by atoms with Gasteiger partial charge in [0.2, 0.25) is 5.91 Å².